The van der Waals surface area contributed by atoms with Crippen LogP contribution in [0.15, 0.2) is 69.9 Å². The van der Waals surface area contributed by atoms with Crippen molar-refractivity contribution in [3.63, 3.8) is 0 Å². The highest BCUT2D eigenvalue weighted by atomic mass is 19.1. The van der Waals surface area contributed by atoms with E-state index in [1.807, 2.05) is 13.8 Å². The van der Waals surface area contributed by atoms with Crippen LogP contribution >= 0.6 is 0 Å². The number of hydrogen-bond donors (Lipinski definition) is 1. The van der Waals surface area contributed by atoms with Gasteiger partial charge in [0, 0.05) is 23.5 Å². The molecule has 3 heterocycles. The molecule has 0 saturated carbocycles. The quantitative estimate of drug-likeness (QED) is 0.501. The highest BCUT2D eigenvalue weighted by Crippen LogP contribution is 2.26. The lowest BCUT2D eigenvalue weighted by Crippen LogP contribution is -2.31. The minimum Gasteiger partial charge on any atom is -0.451 e. The van der Waals surface area contributed by atoms with E-state index >= 15 is 0 Å². The van der Waals surface area contributed by atoms with E-state index in [9.17, 15) is 9.18 Å². The van der Waals surface area contributed by atoms with Crippen LogP contribution in [0, 0.1) is 11.7 Å². The van der Waals surface area contributed by atoms with Crippen LogP contribution in [0.2, 0.25) is 0 Å². The molecule has 0 aliphatic carbocycles. The summed E-state index contributed by atoms with van der Waals surface area (Å²) in [5, 5.41) is 6.89. The molecule has 0 bridgehead atoms. The number of pyridine rings is 1. The van der Waals surface area contributed by atoms with Gasteiger partial charge in [0.1, 0.15) is 17.6 Å². The maximum Gasteiger partial charge on any atom is 0.287 e. The number of hydrogen-bond acceptors (Lipinski definition) is 6. The molecular formula is C22H19FN4O3. The topological polar surface area (TPSA) is 94.1 Å². The summed E-state index contributed by atoms with van der Waals surface area (Å²) in [6.07, 6.45) is 3.28. The summed E-state index contributed by atoms with van der Waals surface area (Å²) in [6, 6.07) is 12.1. The molecular weight excluding hydrogens is 387 g/mol. The minimum atomic E-state index is -0.500. The summed E-state index contributed by atoms with van der Waals surface area (Å²) in [5.74, 6) is 0.568. The van der Waals surface area contributed by atoms with E-state index in [2.05, 4.69) is 20.4 Å². The van der Waals surface area contributed by atoms with Gasteiger partial charge < -0.3 is 14.3 Å². The average molecular weight is 406 g/mol. The summed E-state index contributed by atoms with van der Waals surface area (Å²) < 4.78 is 24.2. The van der Waals surface area contributed by atoms with Gasteiger partial charge in [-0.1, -0.05) is 19.0 Å². The molecule has 152 valence electrons. The first-order valence-corrected chi connectivity index (χ1v) is 9.42. The van der Waals surface area contributed by atoms with Gasteiger partial charge in [0.15, 0.2) is 5.76 Å². The number of carbonyl (C=O) groups excluding carboxylic acids is 1. The molecule has 0 radical (unpaired) electrons. The van der Waals surface area contributed by atoms with Crippen LogP contribution in [0.3, 0.4) is 0 Å². The van der Waals surface area contributed by atoms with Crippen molar-refractivity contribution < 1.29 is 18.1 Å². The zero-order chi connectivity index (χ0) is 21.1. The summed E-state index contributed by atoms with van der Waals surface area (Å²) in [7, 11) is 0. The van der Waals surface area contributed by atoms with Crippen LogP contribution in [0.5, 0.6) is 0 Å². The van der Waals surface area contributed by atoms with Crippen LogP contribution in [-0.4, -0.2) is 21.0 Å². The van der Waals surface area contributed by atoms with E-state index in [0.29, 0.717) is 23.0 Å². The Bertz CT molecular complexity index is 1140. The monoisotopic (exact) mass is 406 g/mol. The molecule has 1 aromatic carbocycles. The highest BCUT2D eigenvalue weighted by Gasteiger charge is 2.26. The second kappa shape index (κ2) is 8.28. The summed E-state index contributed by atoms with van der Waals surface area (Å²) in [6.45, 7) is 3.88. The Morgan fingerprint density at radius 1 is 1.00 bits per heavy atom. The fourth-order valence-electron chi connectivity index (χ4n) is 2.93. The van der Waals surface area contributed by atoms with Gasteiger partial charge in [0.05, 0.1) is 0 Å². The molecule has 1 unspecified atom stereocenters. The van der Waals surface area contributed by atoms with Crippen molar-refractivity contribution in [3.05, 3.63) is 78.4 Å². The van der Waals surface area contributed by atoms with E-state index in [-0.39, 0.29) is 17.5 Å². The van der Waals surface area contributed by atoms with E-state index in [1.165, 1.54) is 12.1 Å². The lowest BCUT2D eigenvalue weighted by atomic mass is 10.0. The zero-order valence-corrected chi connectivity index (χ0v) is 16.4. The number of amides is 1. The Morgan fingerprint density at radius 3 is 2.43 bits per heavy atom. The molecule has 3 aromatic heterocycles. The van der Waals surface area contributed by atoms with Crippen LogP contribution < -0.4 is 5.32 Å². The molecule has 1 N–H and O–H groups in total. The highest BCUT2D eigenvalue weighted by molar-refractivity contribution is 5.92. The van der Waals surface area contributed by atoms with Crippen LogP contribution in [0.4, 0.5) is 4.39 Å². The minimum absolute atomic E-state index is 0.00813. The van der Waals surface area contributed by atoms with Crippen LogP contribution in [0.25, 0.3) is 22.7 Å². The molecule has 0 fully saturated rings. The average Bonchev–Trinajstić information content (AvgIpc) is 3.43. The molecule has 8 heteroatoms. The van der Waals surface area contributed by atoms with Crippen molar-refractivity contribution in [1.29, 1.82) is 0 Å². The Balaban J connectivity index is 1.52. The molecule has 7 nitrogen and oxygen atoms in total. The Hall–Kier alpha value is -3.81. The van der Waals surface area contributed by atoms with Crippen molar-refractivity contribution in [2.24, 2.45) is 5.92 Å². The Kier molecular flexibility index (Phi) is 5.38. The Morgan fingerprint density at radius 2 is 1.73 bits per heavy atom. The molecule has 30 heavy (non-hydrogen) atoms. The summed E-state index contributed by atoms with van der Waals surface area (Å²) >= 11 is 0. The van der Waals surface area contributed by atoms with Crippen molar-refractivity contribution in [2.45, 2.75) is 19.9 Å². The third-order valence-corrected chi connectivity index (χ3v) is 4.56. The van der Waals surface area contributed by atoms with Gasteiger partial charge in [-0.25, -0.2) is 4.39 Å². The van der Waals surface area contributed by atoms with E-state index < -0.39 is 11.9 Å². The van der Waals surface area contributed by atoms with Crippen LogP contribution in [0.1, 0.15) is 36.3 Å². The fourth-order valence-corrected chi connectivity index (χ4v) is 2.93. The number of nitrogens with one attached hydrogen (secondary N) is 1. The third-order valence-electron chi connectivity index (χ3n) is 4.56. The van der Waals surface area contributed by atoms with Gasteiger partial charge in [0.2, 0.25) is 11.7 Å². The number of rotatable bonds is 6. The van der Waals surface area contributed by atoms with Crippen molar-refractivity contribution >= 4 is 5.91 Å². The maximum atomic E-state index is 13.1. The molecule has 1 atom stereocenters. The van der Waals surface area contributed by atoms with Gasteiger partial charge in [0.25, 0.3) is 5.91 Å². The van der Waals surface area contributed by atoms with Gasteiger partial charge in [-0.05, 0) is 54.4 Å². The lowest BCUT2D eigenvalue weighted by molar-refractivity contribution is 0.0886. The van der Waals surface area contributed by atoms with Gasteiger partial charge >= 0.3 is 0 Å². The van der Waals surface area contributed by atoms with E-state index in [4.69, 9.17) is 8.94 Å². The van der Waals surface area contributed by atoms with Crippen LogP contribution in [-0.2, 0) is 0 Å². The predicted molar refractivity (Wildman–Crippen MR) is 107 cm³/mol. The predicted octanol–water partition coefficient (Wildman–Crippen LogP) is 4.66. The molecule has 1 amide bonds. The van der Waals surface area contributed by atoms with Crippen molar-refractivity contribution in [2.75, 3.05) is 0 Å². The van der Waals surface area contributed by atoms with E-state index in [1.54, 1.807) is 48.8 Å². The number of aromatic nitrogens is 3. The van der Waals surface area contributed by atoms with E-state index in [0.717, 1.165) is 5.56 Å². The molecule has 0 saturated heterocycles. The first-order valence-electron chi connectivity index (χ1n) is 9.42. The lowest BCUT2D eigenvalue weighted by Gasteiger charge is -2.17. The second-order valence-electron chi connectivity index (χ2n) is 7.06. The smallest absolute Gasteiger partial charge is 0.287 e. The molecule has 4 aromatic rings. The SMILES string of the molecule is CC(C)C(NC(=O)c1ccc(-c2ccc(F)cc2)o1)c1nc(-c2ccncc2)no1. The first kappa shape index (κ1) is 19.5. The van der Waals surface area contributed by atoms with Crippen molar-refractivity contribution in [3.8, 4) is 22.7 Å². The molecule has 4 rings (SSSR count). The fraction of sp³-hybridized carbons (Fsp3) is 0.182. The van der Waals surface area contributed by atoms with Gasteiger partial charge in [-0.3, -0.25) is 9.78 Å². The standard InChI is InChI=1S/C22H19FN4O3/c1-13(2)19(22-26-20(27-30-22)15-9-11-24-12-10-15)25-21(28)18-8-7-17(29-18)14-3-5-16(23)6-4-14/h3-13,19H,1-2H3,(H,25,28). The number of nitrogens with zero attached hydrogens (tertiary/aromatic N) is 3. The largest absolute Gasteiger partial charge is 0.451 e. The first-order chi connectivity index (χ1) is 14.5. The maximum absolute atomic E-state index is 13.1. The van der Waals surface area contributed by atoms with Gasteiger partial charge in [-0.2, -0.15) is 4.98 Å². The summed E-state index contributed by atoms with van der Waals surface area (Å²) in [5.41, 5.74) is 1.44. The molecule has 0 spiro atoms. The number of halogens is 1. The number of carbonyl (C=O) groups is 1. The zero-order valence-electron chi connectivity index (χ0n) is 16.4. The number of benzene rings is 1. The normalized spacial score (nSPS) is 12.1. The van der Waals surface area contributed by atoms with Gasteiger partial charge in [-0.15, -0.1) is 0 Å². The third kappa shape index (κ3) is 4.12. The molecule has 0 aliphatic heterocycles. The van der Waals surface area contributed by atoms with Crippen molar-refractivity contribution in [1.82, 2.24) is 20.4 Å². The Labute approximate surface area is 172 Å². The summed E-state index contributed by atoms with van der Waals surface area (Å²) in [4.78, 5) is 21.1. The number of furan rings is 1. The molecule has 0 aliphatic rings. The second-order valence-corrected chi connectivity index (χ2v) is 7.06.